The van der Waals surface area contributed by atoms with Gasteiger partial charge in [0, 0.05) is 25.6 Å². The standard InChI is InChI=1S/C11H19N3O2/c12-9(8-2-3-8)6-11(16)14-5-1-4-13-10(15)7-14/h8-9H,1-7,12H2,(H,13,15). The molecule has 1 aliphatic heterocycles. The quantitative estimate of drug-likeness (QED) is 0.677. The van der Waals surface area contributed by atoms with Crippen LogP contribution in [0.15, 0.2) is 0 Å². The van der Waals surface area contributed by atoms with Crippen LogP contribution in [0.3, 0.4) is 0 Å². The second-order valence-electron chi connectivity index (χ2n) is 4.72. The third kappa shape index (κ3) is 2.95. The van der Waals surface area contributed by atoms with Gasteiger partial charge in [0.15, 0.2) is 0 Å². The van der Waals surface area contributed by atoms with Gasteiger partial charge in [-0.2, -0.15) is 0 Å². The van der Waals surface area contributed by atoms with E-state index < -0.39 is 0 Å². The largest absolute Gasteiger partial charge is 0.354 e. The average molecular weight is 225 g/mol. The van der Waals surface area contributed by atoms with Crippen molar-refractivity contribution in [2.45, 2.75) is 31.7 Å². The number of hydrogen-bond acceptors (Lipinski definition) is 3. The maximum Gasteiger partial charge on any atom is 0.239 e. The van der Waals surface area contributed by atoms with E-state index in [1.54, 1.807) is 4.90 Å². The summed E-state index contributed by atoms with van der Waals surface area (Å²) >= 11 is 0. The van der Waals surface area contributed by atoms with Crippen molar-refractivity contribution >= 4 is 11.8 Å². The third-order valence-electron chi connectivity index (χ3n) is 3.25. The highest BCUT2D eigenvalue weighted by Gasteiger charge is 2.31. The van der Waals surface area contributed by atoms with Gasteiger partial charge in [0.2, 0.25) is 11.8 Å². The zero-order valence-electron chi connectivity index (χ0n) is 9.45. The van der Waals surface area contributed by atoms with E-state index in [-0.39, 0.29) is 24.4 Å². The predicted octanol–water partition coefficient (Wildman–Crippen LogP) is -0.538. The second kappa shape index (κ2) is 4.82. The highest BCUT2D eigenvalue weighted by atomic mass is 16.2. The van der Waals surface area contributed by atoms with Gasteiger partial charge in [-0.05, 0) is 25.2 Å². The lowest BCUT2D eigenvalue weighted by atomic mass is 10.1. The number of carbonyl (C=O) groups excluding carboxylic acids is 2. The lowest BCUT2D eigenvalue weighted by Gasteiger charge is -2.21. The van der Waals surface area contributed by atoms with Crippen molar-refractivity contribution < 1.29 is 9.59 Å². The maximum atomic E-state index is 11.9. The van der Waals surface area contributed by atoms with Crippen LogP contribution in [-0.2, 0) is 9.59 Å². The van der Waals surface area contributed by atoms with Crippen LogP contribution in [-0.4, -0.2) is 42.4 Å². The summed E-state index contributed by atoms with van der Waals surface area (Å²) in [6.45, 7) is 1.52. The molecule has 16 heavy (non-hydrogen) atoms. The number of rotatable bonds is 3. The van der Waals surface area contributed by atoms with Crippen LogP contribution in [0.5, 0.6) is 0 Å². The van der Waals surface area contributed by atoms with E-state index in [0.717, 1.165) is 19.3 Å². The monoisotopic (exact) mass is 225 g/mol. The zero-order chi connectivity index (χ0) is 11.5. The predicted molar refractivity (Wildman–Crippen MR) is 59.5 cm³/mol. The van der Waals surface area contributed by atoms with Gasteiger partial charge in [-0.3, -0.25) is 9.59 Å². The maximum absolute atomic E-state index is 11.9. The molecule has 0 radical (unpaired) electrons. The Morgan fingerprint density at radius 2 is 2.31 bits per heavy atom. The van der Waals surface area contributed by atoms with Crippen LogP contribution >= 0.6 is 0 Å². The molecule has 0 spiro atoms. The first-order chi connectivity index (χ1) is 7.66. The molecule has 5 heteroatoms. The van der Waals surface area contributed by atoms with Crippen molar-refractivity contribution in [1.29, 1.82) is 0 Å². The van der Waals surface area contributed by atoms with Crippen LogP contribution in [0.4, 0.5) is 0 Å². The van der Waals surface area contributed by atoms with Gasteiger partial charge in [-0.15, -0.1) is 0 Å². The molecule has 1 saturated heterocycles. The van der Waals surface area contributed by atoms with Crippen molar-refractivity contribution in [3.05, 3.63) is 0 Å². The molecular formula is C11H19N3O2. The fourth-order valence-corrected chi connectivity index (χ4v) is 2.04. The Kier molecular flexibility index (Phi) is 3.43. The second-order valence-corrected chi connectivity index (χ2v) is 4.72. The van der Waals surface area contributed by atoms with Gasteiger partial charge in [-0.1, -0.05) is 0 Å². The van der Waals surface area contributed by atoms with E-state index in [9.17, 15) is 9.59 Å². The summed E-state index contributed by atoms with van der Waals surface area (Å²) in [6.07, 6.45) is 3.51. The summed E-state index contributed by atoms with van der Waals surface area (Å²) in [5.41, 5.74) is 5.91. The lowest BCUT2D eigenvalue weighted by Crippen LogP contribution is -2.40. The fraction of sp³-hybridized carbons (Fsp3) is 0.818. The van der Waals surface area contributed by atoms with Crippen LogP contribution in [0, 0.1) is 5.92 Å². The summed E-state index contributed by atoms with van der Waals surface area (Å²) in [6, 6.07) is -0.0150. The summed E-state index contributed by atoms with van der Waals surface area (Å²) in [5, 5.41) is 2.75. The third-order valence-corrected chi connectivity index (χ3v) is 3.25. The van der Waals surface area contributed by atoms with Gasteiger partial charge in [0.05, 0.1) is 6.54 Å². The van der Waals surface area contributed by atoms with Crippen LogP contribution in [0.1, 0.15) is 25.7 Å². The molecule has 0 aromatic carbocycles. The number of carbonyl (C=O) groups is 2. The summed E-state index contributed by atoms with van der Waals surface area (Å²) in [7, 11) is 0. The zero-order valence-corrected chi connectivity index (χ0v) is 9.45. The molecule has 2 aliphatic rings. The van der Waals surface area contributed by atoms with Crippen molar-refractivity contribution in [3.63, 3.8) is 0 Å². The molecule has 3 N–H and O–H groups in total. The molecule has 2 fully saturated rings. The Bertz CT molecular complexity index is 289. The molecule has 1 saturated carbocycles. The highest BCUT2D eigenvalue weighted by molar-refractivity contribution is 5.85. The SMILES string of the molecule is NC(CC(=O)N1CCCNC(=O)C1)C1CC1. The first-order valence-corrected chi connectivity index (χ1v) is 5.97. The molecule has 90 valence electrons. The number of nitrogens with two attached hydrogens (primary N) is 1. The van der Waals surface area contributed by atoms with Crippen LogP contribution < -0.4 is 11.1 Å². The minimum atomic E-state index is -0.0640. The Labute approximate surface area is 95.3 Å². The van der Waals surface area contributed by atoms with Crippen LogP contribution in [0.2, 0.25) is 0 Å². The van der Waals surface area contributed by atoms with E-state index in [1.165, 1.54) is 0 Å². The number of amides is 2. The van der Waals surface area contributed by atoms with Crippen molar-refractivity contribution in [2.75, 3.05) is 19.6 Å². The van der Waals surface area contributed by atoms with Crippen molar-refractivity contribution in [1.82, 2.24) is 10.2 Å². The normalized spacial score (nSPS) is 23.6. The van der Waals surface area contributed by atoms with E-state index >= 15 is 0 Å². The van der Waals surface area contributed by atoms with Gasteiger partial charge in [-0.25, -0.2) is 0 Å². The molecule has 1 unspecified atom stereocenters. The minimum absolute atomic E-state index is 0.0150. The molecule has 1 atom stereocenters. The minimum Gasteiger partial charge on any atom is -0.354 e. The summed E-state index contributed by atoms with van der Waals surface area (Å²) < 4.78 is 0. The smallest absolute Gasteiger partial charge is 0.239 e. The molecule has 0 bridgehead atoms. The van der Waals surface area contributed by atoms with E-state index in [2.05, 4.69) is 5.32 Å². The van der Waals surface area contributed by atoms with Crippen molar-refractivity contribution in [2.24, 2.45) is 11.7 Å². The Morgan fingerprint density at radius 3 is 3.00 bits per heavy atom. The van der Waals surface area contributed by atoms with Crippen molar-refractivity contribution in [3.8, 4) is 0 Å². The first kappa shape index (κ1) is 11.4. The first-order valence-electron chi connectivity index (χ1n) is 5.97. The fourth-order valence-electron chi connectivity index (χ4n) is 2.04. The number of nitrogens with zero attached hydrogens (tertiary/aromatic N) is 1. The Morgan fingerprint density at radius 1 is 1.56 bits per heavy atom. The van der Waals surface area contributed by atoms with E-state index in [4.69, 9.17) is 5.73 Å². The Balaban J connectivity index is 1.84. The summed E-state index contributed by atoms with van der Waals surface area (Å²) in [5.74, 6) is 0.493. The number of nitrogens with one attached hydrogen (secondary N) is 1. The molecule has 5 nitrogen and oxygen atoms in total. The molecule has 1 aliphatic carbocycles. The van der Waals surface area contributed by atoms with E-state index in [1.807, 2.05) is 0 Å². The molecular weight excluding hydrogens is 206 g/mol. The topological polar surface area (TPSA) is 75.4 Å². The highest BCUT2D eigenvalue weighted by Crippen LogP contribution is 2.32. The van der Waals surface area contributed by atoms with E-state index in [0.29, 0.717) is 25.4 Å². The van der Waals surface area contributed by atoms with Gasteiger partial charge < -0.3 is 16.0 Å². The van der Waals surface area contributed by atoms with Crippen LogP contribution in [0.25, 0.3) is 0 Å². The van der Waals surface area contributed by atoms with Gasteiger partial charge >= 0.3 is 0 Å². The van der Waals surface area contributed by atoms with Gasteiger partial charge in [0.25, 0.3) is 0 Å². The lowest BCUT2D eigenvalue weighted by molar-refractivity contribution is -0.135. The average Bonchev–Trinajstić information content (AvgIpc) is 3.03. The Hall–Kier alpha value is -1.10. The van der Waals surface area contributed by atoms with Gasteiger partial charge in [0.1, 0.15) is 0 Å². The molecule has 1 heterocycles. The molecule has 0 aromatic heterocycles. The number of hydrogen-bond donors (Lipinski definition) is 2. The molecule has 0 aromatic rings. The summed E-state index contributed by atoms with van der Waals surface area (Å²) in [4.78, 5) is 24.8. The molecule has 2 rings (SSSR count). The molecule has 2 amide bonds.